The van der Waals surface area contributed by atoms with Crippen LogP contribution in [-0.4, -0.2) is 36.5 Å². The largest absolute Gasteiger partial charge is 0.354 e. The summed E-state index contributed by atoms with van der Waals surface area (Å²) in [4.78, 5) is 14.0. The van der Waals surface area contributed by atoms with Gasteiger partial charge >= 0.3 is 0 Å². The molecule has 112 valence electrons. The zero-order valence-electron chi connectivity index (χ0n) is 13.0. The van der Waals surface area contributed by atoms with E-state index in [1.807, 2.05) is 33.0 Å². The third-order valence-corrected chi connectivity index (χ3v) is 3.45. The van der Waals surface area contributed by atoms with Crippen molar-refractivity contribution < 1.29 is 4.79 Å². The van der Waals surface area contributed by atoms with Crippen molar-refractivity contribution in [2.45, 2.75) is 45.8 Å². The van der Waals surface area contributed by atoms with Gasteiger partial charge in [0, 0.05) is 31.6 Å². The van der Waals surface area contributed by atoms with Crippen molar-refractivity contribution in [3.8, 4) is 0 Å². The van der Waals surface area contributed by atoms with Crippen molar-refractivity contribution >= 4 is 5.91 Å². The second kappa shape index (κ2) is 8.02. The minimum atomic E-state index is 0.0621. The van der Waals surface area contributed by atoms with Crippen molar-refractivity contribution in [1.29, 1.82) is 0 Å². The second-order valence-electron chi connectivity index (χ2n) is 5.66. The first kappa shape index (κ1) is 16.7. The van der Waals surface area contributed by atoms with Crippen molar-refractivity contribution in [1.82, 2.24) is 10.2 Å². The molecule has 0 bridgehead atoms. The molecule has 0 aliphatic carbocycles. The van der Waals surface area contributed by atoms with Gasteiger partial charge in [-0.15, -0.1) is 0 Å². The van der Waals surface area contributed by atoms with Crippen LogP contribution in [0.2, 0.25) is 0 Å². The van der Waals surface area contributed by atoms with Gasteiger partial charge in [-0.1, -0.05) is 24.3 Å². The summed E-state index contributed by atoms with van der Waals surface area (Å²) in [5, 5.41) is 2.92. The Labute approximate surface area is 122 Å². The zero-order chi connectivity index (χ0) is 15.1. The molecule has 0 radical (unpaired) electrons. The van der Waals surface area contributed by atoms with Crippen molar-refractivity contribution in [2.24, 2.45) is 5.73 Å². The first-order valence-corrected chi connectivity index (χ1v) is 7.18. The number of benzene rings is 1. The van der Waals surface area contributed by atoms with Crippen LogP contribution >= 0.6 is 0 Å². The van der Waals surface area contributed by atoms with Crippen LogP contribution in [0.3, 0.4) is 0 Å². The van der Waals surface area contributed by atoms with Gasteiger partial charge in [-0.25, -0.2) is 0 Å². The van der Waals surface area contributed by atoms with Crippen LogP contribution in [0.25, 0.3) is 0 Å². The lowest BCUT2D eigenvalue weighted by Crippen LogP contribution is -2.42. The van der Waals surface area contributed by atoms with Crippen LogP contribution in [0.5, 0.6) is 0 Å². The average molecular weight is 277 g/mol. The molecule has 0 aliphatic rings. The second-order valence-corrected chi connectivity index (χ2v) is 5.66. The number of carbonyl (C=O) groups excluding carboxylic acids is 1. The lowest BCUT2D eigenvalue weighted by atomic mass is 10.1. The molecule has 0 saturated carbocycles. The Kier molecular flexibility index (Phi) is 6.68. The Hall–Kier alpha value is -1.39. The molecule has 1 amide bonds. The summed E-state index contributed by atoms with van der Waals surface area (Å²) in [6, 6.07) is 8.53. The van der Waals surface area contributed by atoms with E-state index in [1.54, 1.807) is 0 Å². The maximum absolute atomic E-state index is 11.9. The Morgan fingerprint density at radius 1 is 1.35 bits per heavy atom. The first-order valence-electron chi connectivity index (χ1n) is 7.18. The molecule has 3 N–H and O–H groups in total. The fourth-order valence-corrected chi connectivity index (χ4v) is 2.20. The Morgan fingerprint density at radius 2 is 2.00 bits per heavy atom. The number of likely N-dealkylation sites (N-methyl/N-ethyl adjacent to an activating group) is 1. The molecule has 0 saturated heterocycles. The normalized spacial score (nSPS) is 12.8. The van der Waals surface area contributed by atoms with Gasteiger partial charge in [-0.3, -0.25) is 9.69 Å². The zero-order valence-corrected chi connectivity index (χ0v) is 13.0. The molecular weight excluding hydrogens is 250 g/mol. The SMILES string of the molecule is Cc1ccccc1CN(C)C(CN)CC(=O)NC(C)C. The summed E-state index contributed by atoms with van der Waals surface area (Å²) in [6.07, 6.45) is 0.442. The standard InChI is InChI=1S/C16H27N3O/c1-12(2)18-16(20)9-15(10-17)19(4)11-14-8-6-5-7-13(14)3/h5-8,12,15H,9-11,17H2,1-4H3,(H,18,20). The van der Waals surface area contributed by atoms with Gasteiger partial charge in [-0.05, 0) is 38.9 Å². The number of hydrogen-bond donors (Lipinski definition) is 2. The van der Waals surface area contributed by atoms with E-state index in [2.05, 4.69) is 29.3 Å². The average Bonchev–Trinajstić information content (AvgIpc) is 2.37. The van der Waals surface area contributed by atoms with E-state index in [4.69, 9.17) is 5.73 Å². The van der Waals surface area contributed by atoms with Crippen LogP contribution < -0.4 is 11.1 Å². The molecule has 0 spiro atoms. The number of nitrogens with one attached hydrogen (secondary N) is 1. The number of carbonyl (C=O) groups is 1. The van der Waals surface area contributed by atoms with Gasteiger partial charge in [0.05, 0.1) is 0 Å². The molecular formula is C16H27N3O. The van der Waals surface area contributed by atoms with E-state index >= 15 is 0 Å². The molecule has 0 aromatic heterocycles. The van der Waals surface area contributed by atoms with Gasteiger partial charge in [0.15, 0.2) is 0 Å². The summed E-state index contributed by atoms with van der Waals surface area (Å²) in [5.74, 6) is 0.0621. The van der Waals surface area contributed by atoms with Crippen LogP contribution in [0.4, 0.5) is 0 Å². The fourth-order valence-electron chi connectivity index (χ4n) is 2.20. The summed E-state index contributed by atoms with van der Waals surface area (Å²) in [7, 11) is 2.02. The number of nitrogens with zero attached hydrogens (tertiary/aromatic N) is 1. The molecule has 4 nitrogen and oxygen atoms in total. The van der Waals surface area contributed by atoms with Crippen molar-refractivity contribution in [2.75, 3.05) is 13.6 Å². The van der Waals surface area contributed by atoms with Crippen LogP contribution in [-0.2, 0) is 11.3 Å². The van der Waals surface area contributed by atoms with E-state index in [-0.39, 0.29) is 18.0 Å². The van der Waals surface area contributed by atoms with E-state index < -0.39 is 0 Å². The predicted octanol–water partition coefficient (Wildman–Crippen LogP) is 1.67. The highest BCUT2D eigenvalue weighted by atomic mass is 16.1. The topological polar surface area (TPSA) is 58.4 Å². The van der Waals surface area contributed by atoms with Gasteiger partial charge in [-0.2, -0.15) is 0 Å². The molecule has 20 heavy (non-hydrogen) atoms. The van der Waals surface area contributed by atoms with Crippen LogP contribution in [0, 0.1) is 6.92 Å². The number of nitrogens with two attached hydrogens (primary N) is 1. The molecule has 1 aromatic carbocycles. The van der Waals surface area contributed by atoms with E-state index in [9.17, 15) is 4.79 Å². The lowest BCUT2D eigenvalue weighted by Gasteiger charge is -2.27. The summed E-state index contributed by atoms with van der Waals surface area (Å²) in [5.41, 5.74) is 8.36. The monoisotopic (exact) mass is 277 g/mol. The van der Waals surface area contributed by atoms with Gasteiger partial charge in [0.25, 0.3) is 0 Å². The predicted molar refractivity (Wildman–Crippen MR) is 83.4 cm³/mol. The molecule has 0 heterocycles. The van der Waals surface area contributed by atoms with Crippen LogP contribution in [0.1, 0.15) is 31.4 Å². The minimum absolute atomic E-state index is 0.0621. The van der Waals surface area contributed by atoms with Crippen molar-refractivity contribution in [3.63, 3.8) is 0 Å². The number of rotatable bonds is 7. The molecule has 1 aromatic rings. The summed E-state index contributed by atoms with van der Waals surface area (Å²) >= 11 is 0. The third kappa shape index (κ3) is 5.31. The molecule has 1 atom stereocenters. The fraction of sp³-hybridized carbons (Fsp3) is 0.562. The van der Waals surface area contributed by atoms with Crippen LogP contribution in [0.15, 0.2) is 24.3 Å². The Bertz CT molecular complexity index is 431. The Balaban J connectivity index is 2.61. The Morgan fingerprint density at radius 3 is 2.55 bits per heavy atom. The molecule has 1 unspecified atom stereocenters. The maximum Gasteiger partial charge on any atom is 0.221 e. The van der Waals surface area contributed by atoms with Crippen molar-refractivity contribution in [3.05, 3.63) is 35.4 Å². The van der Waals surface area contributed by atoms with E-state index in [0.29, 0.717) is 13.0 Å². The third-order valence-electron chi connectivity index (χ3n) is 3.45. The van der Waals surface area contributed by atoms with Gasteiger partial charge in [0.1, 0.15) is 0 Å². The summed E-state index contributed by atoms with van der Waals surface area (Å²) < 4.78 is 0. The lowest BCUT2D eigenvalue weighted by molar-refractivity contribution is -0.122. The number of aryl methyl sites for hydroxylation is 1. The van der Waals surface area contributed by atoms with Gasteiger partial charge < -0.3 is 11.1 Å². The van der Waals surface area contributed by atoms with E-state index in [1.165, 1.54) is 11.1 Å². The molecule has 0 aliphatic heterocycles. The quantitative estimate of drug-likeness (QED) is 0.797. The molecule has 1 rings (SSSR count). The highest BCUT2D eigenvalue weighted by molar-refractivity contribution is 5.76. The number of amides is 1. The highest BCUT2D eigenvalue weighted by Gasteiger charge is 2.18. The van der Waals surface area contributed by atoms with Gasteiger partial charge in [0.2, 0.25) is 5.91 Å². The smallest absolute Gasteiger partial charge is 0.221 e. The molecule has 0 fully saturated rings. The molecule has 4 heteroatoms. The number of hydrogen-bond acceptors (Lipinski definition) is 3. The van der Waals surface area contributed by atoms with E-state index in [0.717, 1.165) is 6.54 Å². The summed E-state index contributed by atoms with van der Waals surface area (Å²) in [6.45, 7) is 7.32. The minimum Gasteiger partial charge on any atom is -0.354 e. The maximum atomic E-state index is 11.9. The first-order chi connectivity index (χ1) is 9.43. The highest BCUT2D eigenvalue weighted by Crippen LogP contribution is 2.12.